The zero-order valence-electron chi connectivity index (χ0n) is 19.5. The number of fused-ring (bicyclic) bond motifs is 1. The number of ketones is 1. The van der Waals surface area contributed by atoms with Crippen LogP contribution in [0.15, 0.2) is 23.2 Å². The SMILES string of the molecule is CC(C)NC(=O)CN1Cc2c(cccc2C(=O)C(=O)N(CCCO)C2CCCCC2)N=C1N. The van der Waals surface area contributed by atoms with Gasteiger partial charge in [0.25, 0.3) is 11.7 Å². The molecule has 2 amide bonds. The van der Waals surface area contributed by atoms with E-state index >= 15 is 0 Å². The number of carbonyl (C=O) groups is 3. The largest absolute Gasteiger partial charge is 0.396 e. The highest BCUT2D eigenvalue weighted by molar-refractivity contribution is 6.43. The molecule has 1 saturated carbocycles. The average Bonchev–Trinajstić information content (AvgIpc) is 2.79. The fraction of sp³-hybridized carbons (Fsp3) is 0.583. The van der Waals surface area contributed by atoms with Gasteiger partial charge in [-0.2, -0.15) is 0 Å². The number of aliphatic hydroxyl groups is 1. The molecule has 1 heterocycles. The van der Waals surface area contributed by atoms with Gasteiger partial charge in [0.15, 0.2) is 5.96 Å². The van der Waals surface area contributed by atoms with Crippen molar-refractivity contribution in [2.24, 2.45) is 10.7 Å². The van der Waals surface area contributed by atoms with Crippen LogP contribution in [0.2, 0.25) is 0 Å². The van der Waals surface area contributed by atoms with Crippen molar-refractivity contribution in [3.05, 3.63) is 29.3 Å². The quantitative estimate of drug-likeness (QED) is 0.382. The van der Waals surface area contributed by atoms with Crippen LogP contribution in [-0.4, -0.2) is 70.2 Å². The first-order valence-corrected chi connectivity index (χ1v) is 11.8. The third kappa shape index (κ3) is 6.10. The van der Waals surface area contributed by atoms with Crippen LogP contribution in [0.5, 0.6) is 0 Å². The summed E-state index contributed by atoms with van der Waals surface area (Å²) in [5, 5.41) is 12.1. The topological polar surface area (TPSA) is 128 Å². The molecule has 4 N–H and O–H groups in total. The summed E-state index contributed by atoms with van der Waals surface area (Å²) in [5.41, 5.74) is 7.48. The van der Waals surface area contributed by atoms with E-state index < -0.39 is 11.7 Å². The number of hydrogen-bond donors (Lipinski definition) is 3. The van der Waals surface area contributed by atoms with Gasteiger partial charge < -0.3 is 26.0 Å². The van der Waals surface area contributed by atoms with Gasteiger partial charge in [-0.05, 0) is 39.2 Å². The van der Waals surface area contributed by atoms with Gasteiger partial charge in [0.05, 0.1) is 12.2 Å². The van der Waals surface area contributed by atoms with Crippen molar-refractivity contribution in [3.8, 4) is 0 Å². The number of nitrogens with one attached hydrogen (secondary N) is 1. The third-order valence-corrected chi connectivity index (χ3v) is 6.12. The molecule has 9 heteroatoms. The number of amides is 2. The number of aliphatic imine (C=N–C) groups is 1. The Bertz CT molecular complexity index is 908. The summed E-state index contributed by atoms with van der Waals surface area (Å²) in [6.07, 6.45) is 5.38. The Morgan fingerprint density at radius 1 is 1.24 bits per heavy atom. The van der Waals surface area contributed by atoms with Gasteiger partial charge >= 0.3 is 0 Å². The van der Waals surface area contributed by atoms with Gasteiger partial charge in [0, 0.05) is 42.9 Å². The standard InChI is InChI=1S/C24H35N5O4/c1-16(2)26-21(31)15-28-14-19-18(10-6-11-20(19)27-24(28)25)22(32)23(33)29(12-7-13-30)17-8-4-3-5-9-17/h6,10-11,16-17,30H,3-5,7-9,12-15H2,1-2H3,(H2,25,27)(H,26,31). The van der Waals surface area contributed by atoms with Crippen molar-refractivity contribution >= 4 is 29.2 Å². The molecule has 0 saturated heterocycles. The van der Waals surface area contributed by atoms with Crippen LogP contribution in [-0.2, 0) is 16.1 Å². The summed E-state index contributed by atoms with van der Waals surface area (Å²) in [5.74, 6) is -1.13. The summed E-state index contributed by atoms with van der Waals surface area (Å²) in [6, 6.07) is 5.08. The second-order valence-electron chi connectivity index (χ2n) is 9.05. The highest BCUT2D eigenvalue weighted by Crippen LogP contribution is 2.30. The fourth-order valence-electron chi connectivity index (χ4n) is 4.53. The number of guanidine groups is 1. The minimum absolute atomic E-state index is 0.00723. The molecule has 180 valence electrons. The Labute approximate surface area is 195 Å². The van der Waals surface area contributed by atoms with Crippen molar-refractivity contribution in [2.45, 2.75) is 71.0 Å². The van der Waals surface area contributed by atoms with Crippen LogP contribution in [0, 0.1) is 0 Å². The van der Waals surface area contributed by atoms with Crippen LogP contribution in [0.25, 0.3) is 0 Å². The van der Waals surface area contributed by atoms with E-state index in [1.165, 1.54) is 0 Å². The lowest BCUT2D eigenvalue weighted by Crippen LogP contribution is -2.47. The molecule has 2 aliphatic rings. The van der Waals surface area contributed by atoms with Gasteiger partial charge in [0.1, 0.15) is 0 Å². The van der Waals surface area contributed by atoms with Crippen LogP contribution < -0.4 is 11.1 Å². The highest BCUT2D eigenvalue weighted by Gasteiger charge is 2.33. The van der Waals surface area contributed by atoms with Crippen molar-refractivity contribution in [1.29, 1.82) is 0 Å². The molecule has 0 aromatic heterocycles. The number of benzene rings is 1. The van der Waals surface area contributed by atoms with Crippen molar-refractivity contribution in [2.75, 3.05) is 19.7 Å². The van der Waals surface area contributed by atoms with Gasteiger partial charge in [-0.15, -0.1) is 0 Å². The molecule has 1 aromatic rings. The molecule has 33 heavy (non-hydrogen) atoms. The summed E-state index contributed by atoms with van der Waals surface area (Å²) in [6.45, 7) is 4.29. The number of carbonyl (C=O) groups excluding carboxylic acids is 3. The maximum Gasteiger partial charge on any atom is 0.295 e. The predicted molar refractivity (Wildman–Crippen MR) is 126 cm³/mol. The summed E-state index contributed by atoms with van der Waals surface area (Å²) >= 11 is 0. The van der Waals surface area contributed by atoms with Crippen LogP contribution >= 0.6 is 0 Å². The van der Waals surface area contributed by atoms with E-state index in [-0.39, 0.29) is 49.2 Å². The first-order chi connectivity index (χ1) is 15.8. The van der Waals surface area contributed by atoms with E-state index in [1.807, 2.05) is 13.8 Å². The van der Waals surface area contributed by atoms with E-state index in [4.69, 9.17) is 5.73 Å². The summed E-state index contributed by atoms with van der Waals surface area (Å²) < 4.78 is 0. The molecule has 0 unspecified atom stereocenters. The Hall–Kier alpha value is -2.94. The predicted octanol–water partition coefficient (Wildman–Crippen LogP) is 1.70. The molecule has 0 atom stereocenters. The van der Waals surface area contributed by atoms with E-state index in [1.54, 1.807) is 28.0 Å². The number of hydrogen-bond acceptors (Lipinski definition) is 7. The molecule has 9 nitrogen and oxygen atoms in total. The Morgan fingerprint density at radius 3 is 2.64 bits per heavy atom. The number of aliphatic hydroxyl groups excluding tert-OH is 1. The first kappa shape index (κ1) is 24.7. The molecule has 3 rings (SSSR count). The maximum atomic E-state index is 13.4. The minimum Gasteiger partial charge on any atom is -0.396 e. The van der Waals surface area contributed by atoms with Crippen molar-refractivity contribution < 1.29 is 19.5 Å². The monoisotopic (exact) mass is 457 g/mol. The Kier molecular flexibility index (Phi) is 8.43. The first-order valence-electron chi connectivity index (χ1n) is 11.8. The second kappa shape index (κ2) is 11.3. The zero-order chi connectivity index (χ0) is 24.0. The normalized spacial score (nSPS) is 16.2. The average molecular weight is 458 g/mol. The molecule has 0 radical (unpaired) electrons. The molecular formula is C24H35N5O4. The fourth-order valence-corrected chi connectivity index (χ4v) is 4.53. The number of Topliss-reactive ketones (excluding diaryl/α,β-unsaturated/α-hetero) is 1. The van der Waals surface area contributed by atoms with Crippen LogP contribution in [0.3, 0.4) is 0 Å². The van der Waals surface area contributed by atoms with E-state index in [0.717, 1.165) is 32.1 Å². The van der Waals surface area contributed by atoms with Gasteiger partial charge in [-0.1, -0.05) is 31.4 Å². The van der Waals surface area contributed by atoms with Crippen LogP contribution in [0.4, 0.5) is 5.69 Å². The highest BCUT2D eigenvalue weighted by atomic mass is 16.3. The minimum atomic E-state index is -0.586. The molecule has 1 aromatic carbocycles. The van der Waals surface area contributed by atoms with Gasteiger partial charge in [0.2, 0.25) is 5.91 Å². The summed E-state index contributed by atoms with van der Waals surface area (Å²) in [7, 11) is 0. The Morgan fingerprint density at radius 2 is 1.97 bits per heavy atom. The number of nitrogens with zero attached hydrogens (tertiary/aromatic N) is 3. The molecule has 1 aliphatic heterocycles. The van der Waals surface area contributed by atoms with Crippen molar-refractivity contribution in [3.63, 3.8) is 0 Å². The van der Waals surface area contributed by atoms with Gasteiger partial charge in [-0.25, -0.2) is 4.99 Å². The van der Waals surface area contributed by atoms with Gasteiger partial charge in [-0.3, -0.25) is 14.4 Å². The van der Waals surface area contributed by atoms with Crippen LogP contribution in [0.1, 0.15) is 68.3 Å². The molecular weight excluding hydrogens is 422 g/mol. The van der Waals surface area contributed by atoms with E-state index in [2.05, 4.69) is 10.3 Å². The van der Waals surface area contributed by atoms with E-state index in [9.17, 15) is 19.5 Å². The number of nitrogens with two attached hydrogens (primary N) is 1. The zero-order valence-corrected chi connectivity index (χ0v) is 19.5. The maximum absolute atomic E-state index is 13.4. The smallest absolute Gasteiger partial charge is 0.295 e. The molecule has 0 spiro atoms. The Balaban J connectivity index is 1.84. The molecule has 1 fully saturated rings. The lowest BCUT2D eigenvalue weighted by Gasteiger charge is -2.34. The lowest BCUT2D eigenvalue weighted by atomic mass is 9.93. The molecule has 0 bridgehead atoms. The lowest BCUT2D eigenvalue weighted by molar-refractivity contribution is -0.129. The summed E-state index contributed by atoms with van der Waals surface area (Å²) in [4.78, 5) is 46.6. The van der Waals surface area contributed by atoms with E-state index in [0.29, 0.717) is 24.2 Å². The number of rotatable bonds is 9. The van der Waals surface area contributed by atoms with Crippen molar-refractivity contribution in [1.82, 2.24) is 15.1 Å². The second-order valence-corrected chi connectivity index (χ2v) is 9.05. The molecule has 1 aliphatic carbocycles. The third-order valence-electron chi connectivity index (χ3n) is 6.12.